The first-order valence-electron chi connectivity index (χ1n) is 6.15. The molecule has 1 aliphatic carbocycles. The lowest BCUT2D eigenvalue weighted by Crippen LogP contribution is -2.19. The summed E-state index contributed by atoms with van der Waals surface area (Å²) in [5.74, 6) is 1.55. The molecule has 3 heteroatoms. The Bertz CT molecular complexity index is 383. The summed E-state index contributed by atoms with van der Waals surface area (Å²) in [5.41, 5.74) is 0.147. The van der Waals surface area contributed by atoms with Gasteiger partial charge in [-0.25, -0.2) is 4.98 Å². The smallest absolute Gasteiger partial charge is 0.133 e. The fourth-order valence-corrected chi connectivity index (χ4v) is 2.58. The van der Waals surface area contributed by atoms with Crippen LogP contribution in [0, 0.1) is 5.41 Å². The molecule has 1 heterocycles. The molecule has 0 amide bonds. The van der Waals surface area contributed by atoms with E-state index >= 15 is 0 Å². The third-order valence-corrected chi connectivity index (χ3v) is 3.48. The Morgan fingerprint density at radius 1 is 1.56 bits per heavy atom. The van der Waals surface area contributed by atoms with Gasteiger partial charge in [-0.05, 0) is 18.3 Å². The molecule has 1 aromatic rings. The Balaban J connectivity index is 2.08. The van der Waals surface area contributed by atoms with Crippen molar-refractivity contribution < 1.29 is 4.79 Å². The van der Waals surface area contributed by atoms with Gasteiger partial charge in [0, 0.05) is 38.2 Å². The van der Waals surface area contributed by atoms with Gasteiger partial charge in [0.2, 0.25) is 0 Å². The molecule has 88 valence electrons. The Hall–Kier alpha value is -1.12. The van der Waals surface area contributed by atoms with Gasteiger partial charge >= 0.3 is 0 Å². The van der Waals surface area contributed by atoms with Gasteiger partial charge < -0.3 is 4.57 Å². The number of ketones is 1. The first-order valence-corrected chi connectivity index (χ1v) is 6.15. The molecule has 0 aromatic carbocycles. The molecule has 1 atom stereocenters. The molecule has 0 bridgehead atoms. The van der Waals surface area contributed by atoms with Gasteiger partial charge in [0.25, 0.3) is 0 Å². The second kappa shape index (κ2) is 4.40. The van der Waals surface area contributed by atoms with E-state index in [4.69, 9.17) is 0 Å². The molecule has 1 saturated carbocycles. The average Bonchev–Trinajstić information content (AvgIpc) is 2.76. The largest absolute Gasteiger partial charge is 0.335 e. The van der Waals surface area contributed by atoms with E-state index in [1.807, 2.05) is 12.4 Å². The highest BCUT2D eigenvalue weighted by molar-refractivity contribution is 5.81. The molecule has 3 nitrogen and oxygen atoms in total. The number of carbonyl (C=O) groups excluding carboxylic acids is 1. The molecule has 2 rings (SSSR count). The molecule has 0 radical (unpaired) electrons. The van der Waals surface area contributed by atoms with Gasteiger partial charge in [-0.3, -0.25) is 4.79 Å². The van der Waals surface area contributed by atoms with Gasteiger partial charge in [0.15, 0.2) is 0 Å². The third kappa shape index (κ3) is 2.34. The Morgan fingerprint density at radius 3 is 3.00 bits per heavy atom. The SMILES string of the molecule is CCCn1ccnc1CC1(C)CCC(=O)C1. The summed E-state index contributed by atoms with van der Waals surface area (Å²) in [4.78, 5) is 15.8. The molecule has 1 aromatic heterocycles. The Kier molecular flexibility index (Phi) is 3.13. The number of nitrogens with zero attached hydrogens (tertiary/aromatic N) is 2. The fraction of sp³-hybridized carbons (Fsp3) is 0.692. The lowest BCUT2D eigenvalue weighted by molar-refractivity contribution is -0.117. The van der Waals surface area contributed by atoms with E-state index < -0.39 is 0 Å². The minimum absolute atomic E-state index is 0.147. The highest BCUT2D eigenvalue weighted by atomic mass is 16.1. The second-order valence-electron chi connectivity index (χ2n) is 5.24. The zero-order valence-corrected chi connectivity index (χ0v) is 10.2. The summed E-state index contributed by atoms with van der Waals surface area (Å²) < 4.78 is 2.22. The van der Waals surface area contributed by atoms with E-state index in [-0.39, 0.29) is 5.41 Å². The molecule has 1 fully saturated rings. The number of rotatable bonds is 4. The zero-order chi connectivity index (χ0) is 11.6. The number of carbonyl (C=O) groups is 1. The van der Waals surface area contributed by atoms with Crippen molar-refractivity contribution in [2.75, 3.05) is 0 Å². The molecule has 0 spiro atoms. The fourth-order valence-electron chi connectivity index (χ4n) is 2.58. The predicted molar refractivity (Wildman–Crippen MR) is 63.2 cm³/mol. The third-order valence-electron chi connectivity index (χ3n) is 3.48. The summed E-state index contributed by atoms with van der Waals surface area (Å²) in [6.07, 6.45) is 8.47. The second-order valence-corrected chi connectivity index (χ2v) is 5.24. The van der Waals surface area contributed by atoms with E-state index in [0.29, 0.717) is 5.78 Å². The number of aryl methyl sites for hydroxylation is 1. The summed E-state index contributed by atoms with van der Waals surface area (Å²) >= 11 is 0. The van der Waals surface area contributed by atoms with Crippen molar-refractivity contribution in [1.82, 2.24) is 9.55 Å². The van der Waals surface area contributed by atoms with Crippen LogP contribution in [-0.2, 0) is 17.8 Å². The summed E-state index contributed by atoms with van der Waals surface area (Å²) in [5, 5.41) is 0. The predicted octanol–water partition coefficient (Wildman–Crippen LogP) is 2.59. The van der Waals surface area contributed by atoms with Crippen molar-refractivity contribution >= 4 is 5.78 Å². The van der Waals surface area contributed by atoms with Crippen LogP contribution in [0.1, 0.15) is 45.4 Å². The van der Waals surface area contributed by atoms with Gasteiger partial charge in [-0.1, -0.05) is 13.8 Å². The van der Waals surface area contributed by atoms with Crippen molar-refractivity contribution in [2.45, 2.75) is 52.5 Å². The zero-order valence-electron chi connectivity index (χ0n) is 10.2. The van der Waals surface area contributed by atoms with Gasteiger partial charge in [0.05, 0.1) is 0 Å². The number of imidazole rings is 1. The van der Waals surface area contributed by atoms with E-state index in [1.54, 1.807) is 0 Å². The maximum Gasteiger partial charge on any atom is 0.133 e. The van der Waals surface area contributed by atoms with Crippen molar-refractivity contribution in [3.8, 4) is 0 Å². The number of Topliss-reactive ketones (excluding diaryl/α,β-unsaturated/α-hetero) is 1. The molecule has 1 unspecified atom stereocenters. The van der Waals surface area contributed by atoms with E-state index in [2.05, 4.69) is 23.4 Å². The highest BCUT2D eigenvalue weighted by Gasteiger charge is 2.34. The summed E-state index contributed by atoms with van der Waals surface area (Å²) in [6, 6.07) is 0. The van der Waals surface area contributed by atoms with Crippen LogP contribution < -0.4 is 0 Å². The van der Waals surface area contributed by atoms with Crippen LogP contribution in [0.5, 0.6) is 0 Å². The quantitative estimate of drug-likeness (QED) is 0.781. The van der Waals surface area contributed by atoms with Crippen LogP contribution in [0.4, 0.5) is 0 Å². The van der Waals surface area contributed by atoms with Crippen LogP contribution in [0.2, 0.25) is 0 Å². The molecule has 0 saturated heterocycles. The first kappa shape index (κ1) is 11.4. The topological polar surface area (TPSA) is 34.9 Å². The Labute approximate surface area is 96.9 Å². The van der Waals surface area contributed by atoms with Crippen LogP contribution in [0.15, 0.2) is 12.4 Å². The molecule has 0 aliphatic heterocycles. The molecular weight excluding hydrogens is 200 g/mol. The minimum Gasteiger partial charge on any atom is -0.335 e. The Morgan fingerprint density at radius 2 is 2.38 bits per heavy atom. The molecular formula is C13H20N2O. The molecule has 1 aliphatic rings. The monoisotopic (exact) mass is 220 g/mol. The molecule has 0 N–H and O–H groups in total. The summed E-state index contributed by atoms with van der Waals surface area (Å²) in [6.45, 7) is 5.41. The summed E-state index contributed by atoms with van der Waals surface area (Å²) in [7, 11) is 0. The number of aromatic nitrogens is 2. The van der Waals surface area contributed by atoms with Gasteiger partial charge in [-0.15, -0.1) is 0 Å². The van der Waals surface area contributed by atoms with E-state index in [1.165, 1.54) is 0 Å². The first-order chi connectivity index (χ1) is 7.63. The van der Waals surface area contributed by atoms with Gasteiger partial charge in [-0.2, -0.15) is 0 Å². The van der Waals surface area contributed by atoms with Crippen LogP contribution in [-0.4, -0.2) is 15.3 Å². The standard InChI is InChI=1S/C13H20N2O/c1-3-7-15-8-6-14-12(15)10-13(2)5-4-11(16)9-13/h6,8H,3-5,7,9-10H2,1-2H3. The lowest BCUT2D eigenvalue weighted by atomic mass is 9.85. The van der Waals surface area contributed by atoms with Crippen molar-refractivity contribution in [2.24, 2.45) is 5.41 Å². The maximum absolute atomic E-state index is 11.4. The lowest BCUT2D eigenvalue weighted by Gasteiger charge is -2.22. The van der Waals surface area contributed by atoms with Crippen LogP contribution in [0.25, 0.3) is 0 Å². The van der Waals surface area contributed by atoms with E-state index in [9.17, 15) is 4.79 Å². The highest BCUT2D eigenvalue weighted by Crippen LogP contribution is 2.38. The number of hydrogen-bond acceptors (Lipinski definition) is 2. The minimum atomic E-state index is 0.147. The van der Waals surface area contributed by atoms with Gasteiger partial charge in [0.1, 0.15) is 11.6 Å². The van der Waals surface area contributed by atoms with E-state index in [0.717, 1.165) is 44.5 Å². The van der Waals surface area contributed by atoms with Crippen molar-refractivity contribution in [3.05, 3.63) is 18.2 Å². The number of hydrogen-bond donors (Lipinski definition) is 0. The van der Waals surface area contributed by atoms with Crippen molar-refractivity contribution in [3.63, 3.8) is 0 Å². The van der Waals surface area contributed by atoms with Crippen LogP contribution >= 0.6 is 0 Å². The molecule has 16 heavy (non-hydrogen) atoms. The average molecular weight is 220 g/mol. The van der Waals surface area contributed by atoms with Crippen molar-refractivity contribution in [1.29, 1.82) is 0 Å². The maximum atomic E-state index is 11.4. The van der Waals surface area contributed by atoms with Crippen LogP contribution in [0.3, 0.4) is 0 Å². The normalized spacial score (nSPS) is 25.2.